The molecule has 5 nitrogen and oxygen atoms in total. The van der Waals surface area contributed by atoms with Gasteiger partial charge < -0.3 is 14.4 Å². The van der Waals surface area contributed by atoms with Crippen LogP contribution in [0.1, 0.15) is 20.8 Å². The molecule has 0 amide bonds. The zero-order valence-electron chi connectivity index (χ0n) is 17.9. The van der Waals surface area contributed by atoms with Gasteiger partial charge in [-0.3, -0.25) is 4.79 Å². The molecule has 0 heterocycles. The number of hydrogen-bond acceptors (Lipinski definition) is 5. The third-order valence-corrected chi connectivity index (χ3v) is 4.43. The molecule has 0 spiro atoms. The van der Waals surface area contributed by atoms with Crippen LogP contribution in [0, 0.1) is 5.92 Å². The van der Waals surface area contributed by atoms with E-state index in [2.05, 4.69) is 6.58 Å². The van der Waals surface area contributed by atoms with Gasteiger partial charge in [-0.1, -0.05) is 44.7 Å². The second-order valence-electron chi connectivity index (χ2n) is 7.41. The van der Waals surface area contributed by atoms with E-state index in [1.807, 2.05) is 65.6 Å². The molecule has 3 rings (SSSR count). The molecule has 0 radical (unpaired) electrons. The first-order valence-corrected chi connectivity index (χ1v) is 10.00. The van der Waals surface area contributed by atoms with Gasteiger partial charge in [0.05, 0.1) is 5.92 Å². The zero-order chi connectivity index (χ0) is 22.4. The topological polar surface area (TPSA) is 55.8 Å². The van der Waals surface area contributed by atoms with Gasteiger partial charge in [-0.15, -0.1) is 0 Å². The van der Waals surface area contributed by atoms with E-state index in [-0.39, 0.29) is 11.9 Å². The van der Waals surface area contributed by atoms with Gasteiger partial charge in [-0.25, -0.2) is 4.79 Å². The van der Waals surface area contributed by atoms with Crippen molar-refractivity contribution >= 4 is 29.0 Å². The average Bonchev–Trinajstić information content (AvgIpc) is 2.76. The van der Waals surface area contributed by atoms with E-state index in [1.165, 1.54) is 0 Å². The predicted octanol–water partition coefficient (Wildman–Crippen LogP) is 6.20. The van der Waals surface area contributed by atoms with Crippen molar-refractivity contribution in [3.63, 3.8) is 0 Å². The molecule has 0 saturated heterocycles. The number of hydrogen-bond donors (Lipinski definition) is 0. The van der Waals surface area contributed by atoms with Crippen LogP contribution in [0.3, 0.4) is 0 Å². The molecule has 0 bridgehead atoms. The lowest BCUT2D eigenvalue weighted by Crippen LogP contribution is -2.15. The highest BCUT2D eigenvalue weighted by atomic mass is 16.5. The van der Waals surface area contributed by atoms with Crippen molar-refractivity contribution in [3.8, 4) is 11.5 Å². The van der Waals surface area contributed by atoms with Gasteiger partial charge in [-0.2, -0.15) is 0 Å². The number of para-hydroxylation sites is 1. The second-order valence-corrected chi connectivity index (χ2v) is 7.41. The SMILES string of the molecule is C=C(C)C(=O)Oc1ccc(N(c2ccccc2)c2cccc(OC(=O)C(C)C)c2)cc1. The van der Waals surface area contributed by atoms with Crippen molar-refractivity contribution in [3.05, 3.63) is 91.0 Å². The first-order valence-electron chi connectivity index (χ1n) is 10.00. The minimum absolute atomic E-state index is 0.219. The van der Waals surface area contributed by atoms with Crippen molar-refractivity contribution in [2.75, 3.05) is 4.90 Å². The van der Waals surface area contributed by atoms with Gasteiger partial charge in [0.1, 0.15) is 11.5 Å². The van der Waals surface area contributed by atoms with Gasteiger partial charge in [0, 0.05) is 28.7 Å². The Labute approximate surface area is 182 Å². The number of esters is 2. The summed E-state index contributed by atoms with van der Waals surface area (Å²) < 4.78 is 10.8. The van der Waals surface area contributed by atoms with E-state index in [0.29, 0.717) is 17.1 Å². The van der Waals surface area contributed by atoms with Crippen LogP contribution in [-0.4, -0.2) is 11.9 Å². The molecule has 0 aromatic heterocycles. The third-order valence-electron chi connectivity index (χ3n) is 4.43. The van der Waals surface area contributed by atoms with Crippen LogP contribution in [0.2, 0.25) is 0 Å². The summed E-state index contributed by atoms with van der Waals surface area (Å²) in [5.41, 5.74) is 2.95. The predicted molar refractivity (Wildman–Crippen MR) is 122 cm³/mol. The molecule has 0 unspecified atom stereocenters. The highest BCUT2D eigenvalue weighted by molar-refractivity contribution is 5.89. The Morgan fingerprint density at radius 1 is 0.774 bits per heavy atom. The van der Waals surface area contributed by atoms with E-state index in [0.717, 1.165) is 17.1 Å². The zero-order valence-corrected chi connectivity index (χ0v) is 17.9. The number of ether oxygens (including phenoxy) is 2. The quantitative estimate of drug-likeness (QED) is 0.261. The number of carbonyl (C=O) groups excluding carboxylic acids is 2. The molecular weight excluding hydrogens is 390 g/mol. The first-order chi connectivity index (χ1) is 14.8. The fourth-order valence-corrected chi connectivity index (χ4v) is 2.80. The maximum absolute atomic E-state index is 12.0. The number of carbonyl (C=O) groups is 2. The molecule has 158 valence electrons. The van der Waals surface area contributed by atoms with Gasteiger partial charge >= 0.3 is 11.9 Å². The van der Waals surface area contributed by atoms with Crippen molar-refractivity contribution < 1.29 is 19.1 Å². The Hall–Kier alpha value is -3.86. The molecule has 0 aliphatic heterocycles. The lowest BCUT2D eigenvalue weighted by molar-refractivity contribution is -0.137. The number of anilines is 3. The number of rotatable bonds is 7. The van der Waals surface area contributed by atoms with Crippen LogP contribution >= 0.6 is 0 Å². The molecule has 5 heteroatoms. The van der Waals surface area contributed by atoms with Gasteiger partial charge in [-0.05, 0) is 55.5 Å². The van der Waals surface area contributed by atoms with Gasteiger partial charge in [0.15, 0.2) is 0 Å². The largest absolute Gasteiger partial charge is 0.426 e. The smallest absolute Gasteiger partial charge is 0.338 e. The number of nitrogens with zero attached hydrogens (tertiary/aromatic N) is 1. The lowest BCUT2D eigenvalue weighted by atomic mass is 10.2. The summed E-state index contributed by atoms with van der Waals surface area (Å²) >= 11 is 0. The van der Waals surface area contributed by atoms with Gasteiger partial charge in [0.25, 0.3) is 0 Å². The van der Waals surface area contributed by atoms with Crippen molar-refractivity contribution in [1.82, 2.24) is 0 Å². The summed E-state index contributed by atoms with van der Waals surface area (Å²) in [5, 5.41) is 0. The summed E-state index contributed by atoms with van der Waals surface area (Å²) in [4.78, 5) is 25.8. The van der Waals surface area contributed by atoms with Gasteiger partial charge in [0.2, 0.25) is 0 Å². The summed E-state index contributed by atoms with van der Waals surface area (Å²) in [6.45, 7) is 8.79. The van der Waals surface area contributed by atoms with Crippen LogP contribution in [0.25, 0.3) is 0 Å². The Morgan fingerprint density at radius 2 is 1.39 bits per heavy atom. The summed E-state index contributed by atoms with van der Waals surface area (Å²) in [6, 6.07) is 24.4. The standard InChI is InChI=1S/C26H25NO4/c1-18(2)25(28)30-23-15-13-21(14-16-23)27(20-9-6-5-7-10-20)22-11-8-12-24(17-22)31-26(29)19(3)4/h5-17,19H,1H2,2-4H3. The van der Waals surface area contributed by atoms with Crippen molar-refractivity contribution in [2.45, 2.75) is 20.8 Å². The van der Waals surface area contributed by atoms with Crippen LogP contribution < -0.4 is 14.4 Å². The van der Waals surface area contributed by atoms with E-state index < -0.39 is 5.97 Å². The molecule has 0 fully saturated rings. The maximum Gasteiger partial charge on any atom is 0.338 e. The van der Waals surface area contributed by atoms with Crippen LogP contribution in [-0.2, 0) is 9.59 Å². The Kier molecular flexibility index (Phi) is 6.88. The lowest BCUT2D eigenvalue weighted by Gasteiger charge is -2.26. The average molecular weight is 415 g/mol. The summed E-state index contributed by atoms with van der Waals surface area (Å²) in [6.07, 6.45) is 0. The highest BCUT2D eigenvalue weighted by Crippen LogP contribution is 2.36. The summed E-state index contributed by atoms with van der Waals surface area (Å²) in [5.74, 6) is -0.0590. The van der Waals surface area contributed by atoms with E-state index >= 15 is 0 Å². The van der Waals surface area contributed by atoms with Crippen LogP contribution in [0.15, 0.2) is 91.0 Å². The minimum atomic E-state index is -0.465. The molecule has 0 N–H and O–H groups in total. The first kappa shape index (κ1) is 21.8. The Morgan fingerprint density at radius 3 is 2.00 bits per heavy atom. The molecule has 31 heavy (non-hydrogen) atoms. The maximum atomic E-state index is 12.0. The number of benzene rings is 3. The van der Waals surface area contributed by atoms with E-state index in [1.54, 1.807) is 39.0 Å². The molecule has 0 aliphatic rings. The fourth-order valence-electron chi connectivity index (χ4n) is 2.80. The molecule has 3 aromatic carbocycles. The molecule has 0 atom stereocenters. The van der Waals surface area contributed by atoms with Crippen LogP contribution in [0.5, 0.6) is 11.5 Å². The van der Waals surface area contributed by atoms with E-state index in [4.69, 9.17) is 9.47 Å². The normalized spacial score (nSPS) is 10.5. The fraction of sp³-hybridized carbons (Fsp3) is 0.154. The van der Waals surface area contributed by atoms with E-state index in [9.17, 15) is 9.59 Å². The Balaban J connectivity index is 1.96. The highest BCUT2D eigenvalue weighted by Gasteiger charge is 2.15. The Bertz CT molecular complexity index is 1070. The van der Waals surface area contributed by atoms with Crippen LogP contribution in [0.4, 0.5) is 17.1 Å². The molecule has 3 aromatic rings. The molecular formula is C26H25NO4. The second kappa shape index (κ2) is 9.76. The van der Waals surface area contributed by atoms with Crippen molar-refractivity contribution in [1.29, 1.82) is 0 Å². The summed E-state index contributed by atoms with van der Waals surface area (Å²) in [7, 11) is 0. The molecule has 0 aliphatic carbocycles. The monoisotopic (exact) mass is 415 g/mol. The van der Waals surface area contributed by atoms with Crippen molar-refractivity contribution in [2.24, 2.45) is 5.92 Å². The minimum Gasteiger partial charge on any atom is -0.426 e. The molecule has 0 saturated carbocycles. The third kappa shape index (κ3) is 5.60.